The molecule has 0 aliphatic carbocycles. The Morgan fingerprint density at radius 1 is 0.700 bits per heavy atom. The summed E-state index contributed by atoms with van der Waals surface area (Å²) in [4.78, 5) is 42.7. The van der Waals surface area contributed by atoms with Crippen LogP contribution in [-0.4, -0.2) is 146 Å². The van der Waals surface area contributed by atoms with Crippen molar-refractivity contribution in [1.82, 2.24) is 30.2 Å². The van der Waals surface area contributed by atoms with Crippen LogP contribution >= 0.6 is 0 Å². The SMILES string of the molecule is CCN1CCN(CC(=O)O)CCN(CC(=O)O)CCN(CC(=O)NCCNC)CC1. The first-order valence-corrected chi connectivity index (χ1v) is 10.6. The van der Waals surface area contributed by atoms with Gasteiger partial charge in [0.15, 0.2) is 0 Å². The number of amides is 1. The van der Waals surface area contributed by atoms with Crippen molar-refractivity contribution < 1.29 is 24.6 Å². The minimum atomic E-state index is -0.916. The van der Waals surface area contributed by atoms with Crippen molar-refractivity contribution in [2.45, 2.75) is 6.92 Å². The number of carboxylic acids is 2. The highest BCUT2D eigenvalue weighted by molar-refractivity contribution is 5.78. The molecule has 0 aromatic heterocycles. The maximum atomic E-state index is 12.3. The number of likely N-dealkylation sites (N-methyl/N-ethyl adjacent to an activating group) is 2. The molecule has 1 rings (SSSR count). The number of carboxylic acid groups (broad SMARTS) is 2. The van der Waals surface area contributed by atoms with Gasteiger partial charge in [0.2, 0.25) is 5.91 Å². The van der Waals surface area contributed by atoms with E-state index in [-0.39, 0.29) is 25.5 Å². The zero-order valence-electron chi connectivity index (χ0n) is 18.3. The second-order valence-electron chi connectivity index (χ2n) is 7.50. The number of carbonyl (C=O) groups excluding carboxylic acids is 1. The van der Waals surface area contributed by atoms with Crippen molar-refractivity contribution in [3.05, 3.63) is 0 Å². The molecule has 1 amide bonds. The highest BCUT2D eigenvalue weighted by Gasteiger charge is 2.19. The predicted molar refractivity (Wildman–Crippen MR) is 114 cm³/mol. The Morgan fingerprint density at radius 3 is 1.47 bits per heavy atom. The van der Waals surface area contributed by atoms with Crippen LogP contribution < -0.4 is 10.6 Å². The Bertz CT molecular complexity index is 536. The molecule has 11 nitrogen and oxygen atoms in total. The zero-order chi connectivity index (χ0) is 22.4. The quantitative estimate of drug-likeness (QED) is 0.282. The molecule has 1 aliphatic rings. The van der Waals surface area contributed by atoms with E-state index in [9.17, 15) is 24.6 Å². The van der Waals surface area contributed by atoms with Crippen LogP contribution in [0.1, 0.15) is 6.92 Å². The fourth-order valence-corrected chi connectivity index (χ4v) is 3.34. The number of nitrogens with zero attached hydrogens (tertiary/aromatic N) is 4. The van der Waals surface area contributed by atoms with E-state index in [0.717, 1.165) is 19.6 Å². The van der Waals surface area contributed by atoms with Crippen LogP contribution in [0.3, 0.4) is 0 Å². The number of aliphatic carboxylic acids is 2. The molecule has 0 saturated carbocycles. The molecule has 0 atom stereocenters. The molecule has 1 heterocycles. The number of hydrogen-bond donors (Lipinski definition) is 4. The number of nitrogens with one attached hydrogen (secondary N) is 2. The average molecular weight is 431 g/mol. The Balaban J connectivity index is 2.79. The molecule has 30 heavy (non-hydrogen) atoms. The predicted octanol–water partition coefficient (Wildman–Crippen LogP) is -2.27. The van der Waals surface area contributed by atoms with E-state index >= 15 is 0 Å². The number of carbonyl (C=O) groups is 3. The van der Waals surface area contributed by atoms with Crippen LogP contribution in [0, 0.1) is 0 Å². The van der Waals surface area contributed by atoms with Crippen molar-refractivity contribution in [3.63, 3.8) is 0 Å². The van der Waals surface area contributed by atoms with Gasteiger partial charge < -0.3 is 25.7 Å². The van der Waals surface area contributed by atoms with E-state index < -0.39 is 11.9 Å². The van der Waals surface area contributed by atoms with Crippen LogP contribution in [0.15, 0.2) is 0 Å². The fourth-order valence-electron chi connectivity index (χ4n) is 3.34. The molecule has 0 radical (unpaired) electrons. The Hall–Kier alpha value is -1.79. The van der Waals surface area contributed by atoms with Gasteiger partial charge in [-0.15, -0.1) is 0 Å². The average Bonchev–Trinajstić information content (AvgIpc) is 2.67. The van der Waals surface area contributed by atoms with E-state index in [1.165, 1.54) is 0 Å². The summed E-state index contributed by atoms with van der Waals surface area (Å²) >= 11 is 0. The molecule has 0 spiro atoms. The van der Waals surface area contributed by atoms with Crippen molar-refractivity contribution in [2.24, 2.45) is 0 Å². The minimum Gasteiger partial charge on any atom is -0.480 e. The van der Waals surface area contributed by atoms with Gasteiger partial charge in [0.25, 0.3) is 0 Å². The second kappa shape index (κ2) is 15.1. The van der Waals surface area contributed by atoms with Gasteiger partial charge in [0, 0.05) is 65.4 Å². The molecule has 4 N–H and O–H groups in total. The van der Waals surface area contributed by atoms with Gasteiger partial charge in [0.1, 0.15) is 0 Å². The topological polar surface area (TPSA) is 129 Å². The summed E-state index contributed by atoms with van der Waals surface area (Å²) in [5.74, 6) is -1.84. The van der Waals surface area contributed by atoms with Gasteiger partial charge in [-0.25, -0.2) is 0 Å². The van der Waals surface area contributed by atoms with E-state index in [1.807, 2.05) is 16.8 Å². The zero-order valence-corrected chi connectivity index (χ0v) is 18.3. The Labute approximate surface area is 179 Å². The smallest absolute Gasteiger partial charge is 0.317 e. The summed E-state index contributed by atoms with van der Waals surface area (Å²) in [5.41, 5.74) is 0. The molecule has 0 aromatic rings. The van der Waals surface area contributed by atoms with E-state index in [1.54, 1.807) is 0 Å². The molecular formula is C19H38N6O5. The van der Waals surface area contributed by atoms with Crippen LogP contribution in [0.25, 0.3) is 0 Å². The molecule has 1 aliphatic heterocycles. The van der Waals surface area contributed by atoms with Crippen LogP contribution in [0.4, 0.5) is 0 Å². The lowest BCUT2D eigenvalue weighted by molar-refractivity contribution is -0.140. The van der Waals surface area contributed by atoms with Gasteiger partial charge in [-0.1, -0.05) is 6.92 Å². The lowest BCUT2D eigenvalue weighted by Gasteiger charge is -2.33. The van der Waals surface area contributed by atoms with Crippen LogP contribution in [-0.2, 0) is 14.4 Å². The van der Waals surface area contributed by atoms with E-state index in [2.05, 4.69) is 27.4 Å². The summed E-state index contributed by atoms with van der Waals surface area (Å²) in [6.45, 7) is 9.09. The van der Waals surface area contributed by atoms with Crippen molar-refractivity contribution in [1.29, 1.82) is 0 Å². The van der Waals surface area contributed by atoms with Gasteiger partial charge in [-0.2, -0.15) is 0 Å². The minimum absolute atomic E-state index is 0.0437. The van der Waals surface area contributed by atoms with Gasteiger partial charge in [0.05, 0.1) is 19.6 Å². The molecule has 174 valence electrons. The molecule has 0 aromatic carbocycles. The normalized spacial score (nSPS) is 19.0. The van der Waals surface area contributed by atoms with Crippen molar-refractivity contribution >= 4 is 17.8 Å². The standard InChI is InChI=1S/C19H38N6O5/c1-3-22-6-8-23(14-17(26)21-5-4-20-2)10-11-25(16-19(29)30)13-12-24(9-7-22)15-18(27)28/h20H,3-16H2,1-2H3,(H,21,26)(H,27,28)(H,29,30). The third-order valence-corrected chi connectivity index (χ3v) is 5.16. The maximum absolute atomic E-state index is 12.3. The molecule has 0 unspecified atom stereocenters. The monoisotopic (exact) mass is 430 g/mol. The molecule has 1 saturated heterocycles. The van der Waals surface area contributed by atoms with Crippen LogP contribution in [0.5, 0.6) is 0 Å². The summed E-state index contributed by atoms with van der Waals surface area (Å²) in [6, 6.07) is 0. The highest BCUT2D eigenvalue weighted by atomic mass is 16.4. The maximum Gasteiger partial charge on any atom is 0.317 e. The third-order valence-electron chi connectivity index (χ3n) is 5.16. The molecular weight excluding hydrogens is 392 g/mol. The van der Waals surface area contributed by atoms with Crippen molar-refractivity contribution in [2.75, 3.05) is 98.7 Å². The molecule has 11 heteroatoms. The van der Waals surface area contributed by atoms with Gasteiger partial charge in [-0.3, -0.25) is 29.1 Å². The fraction of sp³-hybridized carbons (Fsp3) is 0.842. The third kappa shape index (κ3) is 12.0. The first-order chi connectivity index (χ1) is 14.3. The first-order valence-electron chi connectivity index (χ1n) is 10.6. The summed E-state index contributed by atoms with van der Waals surface area (Å²) < 4.78 is 0. The van der Waals surface area contributed by atoms with Gasteiger partial charge >= 0.3 is 11.9 Å². The van der Waals surface area contributed by atoms with Crippen molar-refractivity contribution in [3.8, 4) is 0 Å². The second-order valence-corrected chi connectivity index (χ2v) is 7.50. The highest BCUT2D eigenvalue weighted by Crippen LogP contribution is 2.01. The van der Waals surface area contributed by atoms with Gasteiger partial charge in [-0.05, 0) is 13.6 Å². The number of rotatable bonds is 10. The first kappa shape index (κ1) is 26.2. The summed E-state index contributed by atoms with van der Waals surface area (Å²) in [6.07, 6.45) is 0. The molecule has 1 fully saturated rings. The Kier molecular flexibility index (Phi) is 13.2. The summed E-state index contributed by atoms with van der Waals surface area (Å²) in [5, 5.41) is 24.3. The van der Waals surface area contributed by atoms with E-state index in [0.29, 0.717) is 52.4 Å². The van der Waals surface area contributed by atoms with Crippen LogP contribution in [0.2, 0.25) is 0 Å². The lowest BCUT2D eigenvalue weighted by Crippen LogP contribution is -2.49. The number of hydrogen-bond acceptors (Lipinski definition) is 8. The molecule has 0 bridgehead atoms. The largest absolute Gasteiger partial charge is 0.480 e. The van der Waals surface area contributed by atoms with E-state index in [4.69, 9.17) is 0 Å². The summed E-state index contributed by atoms with van der Waals surface area (Å²) in [7, 11) is 1.83. The lowest BCUT2D eigenvalue weighted by atomic mass is 10.3. The Morgan fingerprint density at radius 2 is 1.10 bits per heavy atom.